The molecule has 0 saturated heterocycles. The highest BCUT2D eigenvalue weighted by Crippen LogP contribution is 2.26. The molecular formula is C35H40ClN7O4. The normalized spacial score (nSPS) is 16.6. The molecule has 2 aliphatic rings. The molecule has 3 aromatic carbocycles. The van der Waals surface area contributed by atoms with Crippen LogP contribution in [0, 0.1) is 0 Å². The molecular weight excluding hydrogens is 618 g/mol. The number of ether oxygens (including phenoxy) is 1. The van der Waals surface area contributed by atoms with E-state index in [4.69, 9.17) is 16.3 Å². The van der Waals surface area contributed by atoms with Crippen molar-refractivity contribution in [3.05, 3.63) is 112 Å². The van der Waals surface area contributed by atoms with Gasteiger partial charge in [0, 0.05) is 50.1 Å². The van der Waals surface area contributed by atoms with Crippen molar-refractivity contribution in [2.75, 3.05) is 33.8 Å². The highest BCUT2D eigenvalue weighted by atomic mass is 35.5. The summed E-state index contributed by atoms with van der Waals surface area (Å²) >= 11 is 6.46. The molecule has 2 N–H and O–H groups in total. The lowest BCUT2D eigenvalue weighted by atomic mass is 10.0. The Kier molecular flexibility index (Phi) is 11.6. The largest absolute Gasteiger partial charge is 0.492 e. The maximum Gasteiger partial charge on any atom is 0.254 e. The highest BCUT2D eigenvalue weighted by molar-refractivity contribution is 6.32. The van der Waals surface area contributed by atoms with Gasteiger partial charge in [0.25, 0.3) is 11.8 Å². The lowest BCUT2D eigenvalue weighted by Gasteiger charge is -2.23. The molecule has 3 heterocycles. The van der Waals surface area contributed by atoms with Crippen molar-refractivity contribution in [2.45, 2.75) is 44.9 Å². The van der Waals surface area contributed by atoms with Gasteiger partial charge in [0.05, 0.1) is 24.4 Å². The van der Waals surface area contributed by atoms with Crippen LogP contribution in [0.4, 0.5) is 0 Å². The van der Waals surface area contributed by atoms with Crippen LogP contribution in [0.15, 0.2) is 79.0 Å². The molecule has 0 unspecified atom stereocenters. The van der Waals surface area contributed by atoms with E-state index in [2.05, 4.69) is 25.8 Å². The number of aromatic nitrogens is 3. The van der Waals surface area contributed by atoms with Crippen LogP contribution in [0.1, 0.15) is 50.4 Å². The van der Waals surface area contributed by atoms with Crippen molar-refractivity contribution in [3.8, 4) is 5.75 Å². The molecule has 0 radical (unpaired) electrons. The number of amides is 3. The van der Waals surface area contributed by atoms with Crippen LogP contribution < -0.4 is 15.4 Å². The van der Waals surface area contributed by atoms with Crippen molar-refractivity contribution in [1.82, 2.24) is 35.4 Å². The van der Waals surface area contributed by atoms with Crippen molar-refractivity contribution in [3.63, 3.8) is 0 Å². The number of fused-ring (bicyclic) bond motifs is 14. The second kappa shape index (κ2) is 16.2. The summed E-state index contributed by atoms with van der Waals surface area (Å²) in [6, 6.07) is 21.1. The van der Waals surface area contributed by atoms with Crippen LogP contribution in [-0.4, -0.2) is 82.3 Å². The standard InChI is InChI=1S/C35H40ClN7O4/c1-41(2)22-26-10-12-27(13-11-26)35(46)42-17-6-16-37-34(45)31(20-25-8-4-3-5-9-25)38-33(44)28-14-15-32(30(36)21-28)47-19-7-18-43-24-29(23-42)39-40-43/h3-5,8-15,21,24,31H,6-7,16-20,22-23H2,1-2H3,(H,37,45)(H,38,44)/t31-/m0/s1. The predicted molar refractivity (Wildman–Crippen MR) is 179 cm³/mol. The van der Waals surface area contributed by atoms with Gasteiger partial charge in [-0.1, -0.05) is 59.3 Å². The van der Waals surface area contributed by atoms with E-state index in [1.165, 1.54) is 6.07 Å². The molecule has 1 atom stereocenters. The zero-order chi connectivity index (χ0) is 33.2. The van der Waals surface area contributed by atoms with Gasteiger partial charge in [-0.15, -0.1) is 5.10 Å². The fraction of sp³-hybridized carbons (Fsp3) is 0.343. The zero-order valence-corrected chi connectivity index (χ0v) is 27.4. The minimum atomic E-state index is -0.831. The number of rotatable bonds is 5. The molecule has 4 aromatic rings. The number of halogens is 1. The summed E-state index contributed by atoms with van der Waals surface area (Å²) in [5, 5.41) is 14.7. The second-order valence-electron chi connectivity index (χ2n) is 11.8. The molecule has 11 nitrogen and oxygen atoms in total. The number of nitrogens with one attached hydrogen (secondary N) is 2. The van der Waals surface area contributed by atoms with Crippen molar-refractivity contribution in [1.29, 1.82) is 0 Å². The number of nitrogens with zero attached hydrogens (tertiary/aromatic N) is 5. The van der Waals surface area contributed by atoms with Gasteiger partial charge in [-0.3, -0.25) is 19.1 Å². The average molecular weight is 658 g/mol. The molecule has 0 aliphatic carbocycles. The number of benzene rings is 3. The van der Waals surface area contributed by atoms with Gasteiger partial charge in [0.1, 0.15) is 17.5 Å². The fourth-order valence-electron chi connectivity index (χ4n) is 5.34. The van der Waals surface area contributed by atoms with Crippen LogP contribution >= 0.6 is 11.6 Å². The molecule has 2 aliphatic heterocycles. The SMILES string of the molecule is CN(C)Cc1ccc(C(=O)N2CCCNC(=O)[C@H](Cc3ccccc3)NC(=O)c3ccc(c(Cl)c3)OCCCn3cc(nn3)C2)cc1. The topological polar surface area (TPSA) is 122 Å². The first-order valence-corrected chi connectivity index (χ1v) is 16.1. The van der Waals surface area contributed by atoms with E-state index in [0.717, 1.165) is 17.7 Å². The molecule has 12 heteroatoms. The quantitative estimate of drug-likeness (QED) is 0.333. The van der Waals surface area contributed by atoms with Gasteiger partial charge in [0.15, 0.2) is 0 Å². The summed E-state index contributed by atoms with van der Waals surface area (Å²) in [7, 11) is 4.00. The summed E-state index contributed by atoms with van der Waals surface area (Å²) in [4.78, 5) is 44.2. The van der Waals surface area contributed by atoms with Gasteiger partial charge < -0.3 is 25.2 Å². The van der Waals surface area contributed by atoms with Crippen LogP contribution in [-0.2, 0) is 30.8 Å². The molecule has 47 heavy (non-hydrogen) atoms. The molecule has 246 valence electrons. The third-order valence-electron chi connectivity index (χ3n) is 7.72. The summed E-state index contributed by atoms with van der Waals surface area (Å²) in [6.07, 6.45) is 3.26. The predicted octanol–water partition coefficient (Wildman–Crippen LogP) is 3.97. The van der Waals surface area contributed by atoms with Gasteiger partial charge in [-0.05, 0) is 62.0 Å². The Morgan fingerprint density at radius 2 is 1.79 bits per heavy atom. The lowest BCUT2D eigenvalue weighted by Crippen LogP contribution is -2.48. The van der Waals surface area contributed by atoms with E-state index >= 15 is 0 Å². The number of carbonyl (C=O) groups is 3. The third-order valence-corrected chi connectivity index (χ3v) is 8.01. The first kappa shape index (κ1) is 33.6. The van der Waals surface area contributed by atoms with Crippen LogP contribution in [0.25, 0.3) is 0 Å². The van der Waals surface area contributed by atoms with E-state index in [-0.39, 0.29) is 18.4 Å². The van der Waals surface area contributed by atoms with Gasteiger partial charge >= 0.3 is 0 Å². The van der Waals surface area contributed by atoms with Crippen molar-refractivity contribution < 1.29 is 19.1 Å². The van der Waals surface area contributed by atoms with Gasteiger partial charge in [0.2, 0.25) is 5.91 Å². The molecule has 6 rings (SSSR count). The smallest absolute Gasteiger partial charge is 0.254 e. The molecule has 0 saturated carbocycles. The molecule has 0 spiro atoms. The van der Waals surface area contributed by atoms with E-state index in [1.807, 2.05) is 74.9 Å². The van der Waals surface area contributed by atoms with Gasteiger partial charge in [-0.2, -0.15) is 0 Å². The molecule has 1 aromatic heterocycles. The van der Waals surface area contributed by atoms with E-state index in [1.54, 1.807) is 21.7 Å². The van der Waals surface area contributed by atoms with Crippen LogP contribution in [0.3, 0.4) is 0 Å². The van der Waals surface area contributed by atoms with Crippen molar-refractivity contribution in [2.24, 2.45) is 0 Å². The molecule has 4 bridgehead atoms. The highest BCUT2D eigenvalue weighted by Gasteiger charge is 2.23. The third kappa shape index (κ3) is 9.63. The average Bonchev–Trinajstić information content (AvgIpc) is 3.51. The summed E-state index contributed by atoms with van der Waals surface area (Å²) in [5.74, 6) is -0.424. The summed E-state index contributed by atoms with van der Waals surface area (Å²) in [5.41, 5.74) is 3.56. The number of aryl methyl sites for hydroxylation is 1. The minimum Gasteiger partial charge on any atom is -0.492 e. The first-order valence-electron chi connectivity index (χ1n) is 15.7. The molecule has 0 fully saturated rings. The Balaban J connectivity index is 1.35. The Labute approximate surface area is 279 Å². The number of hydrogen-bond donors (Lipinski definition) is 2. The number of hydrogen-bond acceptors (Lipinski definition) is 7. The van der Waals surface area contributed by atoms with Gasteiger partial charge in [-0.25, -0.2) is 0 Å². The zero-order valence-electron chi connectivity index (χ0n) is 26.7. The summed E-state index contributed by atoms with van der Waals surface area (Å²) < 4.78 is 7.60. The van der Waals surface area contributed by atoms with Crippen molar-refractivity contribution >= 4 is 29.3 Å². The second-order valence-corrected chi connectivity index (χ2v) is 12.2. The first-order chi connectivity index (χ1) is 22.7. The van der Waals surface area contributed by atoms with E-state index in [0.29, 0.717) is 73.1 Å². The summed E-state index contributed by atoms with van der Waals surface area (Å²) in [6.45, 7) is 2.64. The Morgan fingerprint density at radius 1 is 1.00 bits per heavy atom. The Morgan fingerprint density at radius 3 is 2.53 bits per heavy atom. The van der Waals surface area contributed by atoms with E-state index < -0.39 is 11.9 Å². The van der Waals surface area contributed by atoms with Crippen LogP contribution in [0.5, 0.6) is 5.75 Å². The van der Waals surface area contributed by atoms with Crippen LogP contribution in [0.2, 0.25) is 5.02 Å². The Bertz CT molecular complexity index is 1660. The maximum absolute atomic E-state index is 13.7. The Hall–Kier alpha value is -4.74. The number of carbonyl (C=O) groups excluding carboxylic acids is 3. The molecule has 3 amide bonds. The fourth-order valence-corrected chi connectivity index (χ4v) is 5.58. The maximum atomic E-state index is 13.7. The van der Waals surface area contributed by atoms with E-state index in [9.17, 15) is 14.4 Å². The monoisotopic (exact) mass is 657 g/mol. The lowest BCUT2D eigenvalue weighted by molar-refractivity contribution is -0.122. The minimum absolute atomic E-state index is 0.135.